The van der Waals surface area contributed by atoms with Crippen LogP contribution in [0.25, 0.3) is 0 Å². The molecule has 186 valence electrons. The minimum absolute atomic E-state index is 0.0340. The Bertz CT molecular complexity index is 1070. The Kier molecular flexibility index (Phi) is 7.08. The van der Waals surface area contributed by atoms with Gasteiger partial charge in [0.25, 0.3) is 0 Å². The minimum atomic E-state index is -0.325. The largest absolute Gasteiger partial charge is 0.486 e. The summed E-state index contributed by atoms with van der Waals surface area (Å²) in [6.45, 7) is 9.26. The standard InChI is InChI=1S/C27H34N4O4/c1-20-4-2-5-22(16-20)30-12-10-29(11-13-30)9-3-8-28-27(33)21-17-26(32)31(19-21)23-6-7-24-25(18-23)35-15-14-34-24/h2,4-7,16,18,21H,3,8-15,17,19H2,1H3,(H,28,33). The molecule has 0 saturated carbocycles. The second-order valence-electron chi connectivity index (χ2n) is 9.55. The number of nitrogens with zero attached hydrogens (tertiary/aromatic N) is 3. The van der Waals surface area contributed by atoms with Gasteiger partial charge in [-0.2, -0.15) is 0 Å². The molecular weight excluding hydrogens is 444 g/mol. The second-order valence-corrected chi connectivity index (χ2v) is 9.55. The predicted molar refractivity (Wildman–Crippen MR) is 135 cm³/mol. The number of carbonyl (C=O) groups excluding carboxylic acids is 2. The van der Waals surface area contributed by atoms with Crippen LogP contribution in [-0.4, -0.2) is 75.7 Å². The third-order valence-corrected chi connectivity index (χ3v) is 7.02. The summed E-state index contributed by atoms with van der Waals surface area (Å²) >= 11 is 0. The molecule has 3 heterocycles. The molecule has 2 aromatic rings. The number of rotatable bonds is 7. The van der Waals surface area contributed by atoms with Gasteiger partial charge in [-0.25, -0.2) is 0 Å². The number of piperazine rings is 1. The first kappa shape index (κ1) is 23.5. The molecule has 2 fully saturated rings. The van der Waals surface area contributed by atoms with Crippen LogP contribution in [0.2, 0.25) is 0 Å². The van der Waals surface area contributed by atoms with Gasteiger partial charge in [0.05, 0.1) is 5.92 Å². The minimum Gasteiger partial charge on any atom is -0.486 e. The van der Waals surface area contributed by atoms with Crippen LogP contribution >= 0.6 is 0 Å². The smallest absolute Gasteiger partial charge is 0.227 e. The van der Waals surface area contributed by atoms with E-state index in [1.54, 1.807) is 4.90 Å². The van der Waals surface area contributed by atoms with Crippen molar-refractivity contribution in [2.75, 3.05) is 68.8 Å². The van der Waals surface area contributed by atoms with Crippen molar-refractivity contribution >= 4 is 23.2 Å². The van der Waals surface area contributed by atoms with Crippen LogP contribution in [0.4, 0.5) is 11.4 Å². The number of benzene rings is 2. The second kappa shape index (κ2) is 10.6. The molecule has 2 amide bonds. The maximum absolute atomic E-state index is 12.7. The number of carbonyl (C=O) groups is 2. The Morgan fingerprint density at radius 3 is 2.60 bits per heavy atom. The number of ether oxygens (including phenoxy) is 2. The summed E-state index contributed by atoms with van der Waals surface area (Å²) in [4.78, 5) is 31.9. The number of aryl methyl sites for hydroxylation is 1. The highest BCUT2D eigenvalue weighted by Crippen LogP contribution is 2.36. The maximum Gasteiger partial charge on any atom is 0.227 e. The zero-order valence-corrected chi connectivity index (χ0v) is 20.4. The molecular formula is C27H34N4O4. The van der Waals surface area contributed by atoms with Crippen molar-refractivity contribution in [3.63, 3.8) is 0 Å². The third-order valence-electron chi connectivity index (χ3n) is 7.02. The molecule has 8 nitrogen and oxygen atoms in total. The maximum atomic E-state index is 12.7. The van der Waals surface area contributed by atoms with Gasteiger partial charge in [-0.3, -0.25) is 14.5 Å². The summed E-state index contributed by atoms with van der Waals surface area (Å²) in [6, 6.07) is 14.2. The molecule has 0 radical (unpaired) electrons. The van der Waals surface area contributed by atoms with Crippen molar-refractivity contribution < 1.29 is 19.1 Å². The van der Waals surface area contributed by atoms with Crippen LogP contribution in [0.15, 0.2) is 42.5 Å². The Labute approximate surface area is 206 Å². The number of fused-ring (bicyclic) bond motifs is 1. The highest BCUT2D eigenvalue weighted by Gasteiger charge is 2.35. The zero-order valence-electron chi connectivity index (χ0n) is 20.4. The first-order chi connectivity index (χ1) is 17.1. The summed E-state index contributed by atoms with van der Waals surface area (Å²) in [5.74, 6) is 0.941. The molecule has 2 saturated heterocycles. The first-order valence-corrected chi connectivity index (χ1v) is 12.6. The molecule has 0 aromatic heterocycles. The lowest BCUT2D eigenvalue weighted by molar-refractivity contribution is -0.126. The highest BCUT2D eigenvalue weighted by atomic mass is 16.6. The topological polar surface area (TPSA) is 74.4 Å². The number of nitrogens with one attached hydrogen (secondary N) is 1. The van der Waals surface area contributed by atoms with Gasteiger partial charge in [-0.1, -0.05) is 12.1 Å². The summed E-state index contributed by atoms with van der Waals surface area (Å²) in [5.41, 5.74) is 3.34. The Morgan fingerprint density at radius 1 is 1.00 bits per heavy atom. The zero-order chi connectivity index (χ0) is 24.2. The highest BCUT2D eigenvalue weighted by molar-refractivity contribution is 6.00. The van der Waals surface area contributed by atoms with Crippen molar-refractivity contribution in [3.05, 3.63) is 48.0 Å². The number of hydrogen-bond donors (Lipinski definition) is 1. The lowest BCUT2D eigenvalue weighted by Crippen LogP contribution is -2.47. The average molecular weight is 479 g/mol. The van der Waals surface area contributed by atoms with E-state index in [1.165, 1.54) is 11.3 Å². The molecule has 0 aliphatic carbocycles. The van der Waals surface area contributed by atoms with E-state index in [-0.39, 0.29) is 24.2 Å². The first-order valence-electron chi connectivity index (χ1n) is 12.6. The molecule has 0 bridgehead atoms. The third kappa shape index (κ3) is 5.53. The molecule has 1 atom stereocenters. The van der Waals surface area contributed by atoms with Gasteiger partial charge in [0, 0.05) is 63.1 Å². The van der Waals surface area contributed by atoms with Crippen molar-refractivity contribution in [2.24, 2.45) is 5.92 Å². The Balaban J connectivity index is 1.03. The average Bonchev–Trinajstić information content (AvgIpc) is 3.28. The molecule has 5 rings (SSSR count). The Morgan fingerprint density at radius 2 is 1.80 bits per heavy atom. The van der Waals surface area contributed by atoms with Crippen molar-refractivity contribution in [2.45, 2.75) is 19.8 Å². The van der Waals surface area contributed by atoms with Crippen LogP contribution < -0.4 is 24.6 Å². The summed E-state index contributed by atoms with van der Waals surface area (Å²) in [5, 5.41) is 3.05. The van der Waals surface area contributed by atoms with E-state index >= 15 is 0 Å². The molecule has 3 aliphatic heterocycles. The molecule has 2 aromatic carbocycles. The molecule has 35 heavy (non-hydrogen) atoms. The number of anilines is 2. The lowest BCUT2D eigenvalue weighted by atomic mass is 10.1. The SMILES string of the molecule is Cc1cccc(N2CCN(CCCNC(=O)C3CC(=O)N(c4ccc5c(c4)OCCO5)C3)CC2)c1. The fourth-order valence-corrected chi connectivity index (χ4v) is 5.05. The van der Waals surface area contributed by atoms with Gasteiger partial charge in [-0.05, 0) is 49.7 Å². The van der Waals surface area contributed by atoms with E-state index < -0.39 is 0 Å². The van der Waals surface area contributed by atoms with Crippen LogP contribution in [0.1, 0.15) is 18.4 Å². The number of amides is 2. The molecule has 3 aliphatic rings. The van der Waals surface area contributed by atoms with Crippen LogP contribution in [0, 0.1) is 12.8 Å². The normalized spacial score (nSPS) is 20.3. The van der Waals surface area contributed by atoms with E-state index in [4.69, 9.17) is 9.47 Å². The fourth-order valence-electron chi connectivity index (χ4n) is 5.05. The van der Waals surface area contributed by atoms with Gasteiger partial charge in [-0.15, -0.1) is 0 Å². The van der Waals surface area contributed by atoms with Crippen LogP contribution in [0.5, 0.6) is 11.5 Å². The van der Waals surface area contributed by atoms with E-state index in [0.717, 1.165) is 44.8 Å². The van der Waals surface area contributed by atoms with E-state index in [1.807, 2.05) is 18.2 Å². The molecule has 8 heteroatoms. The molecule has 1 unspecified atom stereocenters. The van der Waals surface area contributed by atoms with Crippen LogP contribution in [0.3, 0.4) is 0 Å². The van der Waals surface area contributed by atoms with E-state index in [2.05, 4.69) is 46.3 Å². The molecule has 0 spiro atoms. The van der Waals surface area contributed by atoms with Crippen molar-refractivity contribution in [1.29, 1.82) is 0 Å². The fraction of sp³-hybridized carbons (Fsp3) is 0.481. The van der Waals surface area contributed by atoms with Gasteiger partial charge < -0.3 is 24.6 Å². The van der Waals surface area contributed by atoms with Crippen molar-refractivity contribution in [3.8, 4) is 11.5 Å². The van der Waals surface area contributed by atoms with Crippen LogP contribution in [-0.2, 0) is 9.59 Å². The predicted octanol–water partition coefficient (Wildman–Crippen LogP) is 2.45. The van der Waals surface area contributed by atoms with Gasteiger partial charge in [0.1, 0.15) is 13.2 Å². The molecule has 1 N–H and O–H groups in total. The summed E-state index contributed by atoms with van der Waals surface area (Å²) in [6.07, 6.45) is 1.14. The Hall–Kier alpha value is -3.26. The number of hydrogen-bond acceptors (Lipinski definition) is 6. The summed E-state index contributed by atoms with van der Waals surface area (Å²) in [7, 11) is 0. The van der Waals surface area contributed by atoms with Gasteiger partial charge in [0.2, 0.25) is 11.8 Å². The van der Waals surface area contributed by atoms with E-state index in [9.17, 15) is 9.59 Å². The monoisotopic (exact) mass is 478 g/mol. The quantitative estimate of drug-likeness (QED) is 0.617. The van der Waals surface area contributed by atoms with Crippen molar-refractivity contribution in [1.82, 2.24) is 10.2 Å². The summed E-state index contributed by atoms with van der Waals surface area (Å²) < 4.78 is 11.2. The lowest BCUT2D eigenvalue weighted by Gasteiger charge is -2.36. The van der Waals surface area contributed by atoms with E-state index in [0.29, 0.717) is 37.8 Å². The van der Waals surface area contributed by atoms with Gasteiger partial charge in [0.15, 0.2) is 11.5 Å². The van der Waals surface area contributed by atoms with Gasteiger partial charge >= 0.3 is 0 Å².